The minimum atomic E-state index is -5.58. The van der Waals surface area contributed by atoms with Crippen molar-refractivity contribution in [1.82, 2.24) is 5.32 Å². The van der Waals surface area contributed by atoms with E-state index in [4.69, 9.17) is 0 Å². The predicted octanol–water partition coefficient (Wildman–Crippen LogP) is 5.28. The molecule has 1 atom stereocenters. The molecule has 0 saturated carbocycles. The van der Waals surface area contributed by atoms with Crippen LogP contribution in [0.4, 0.5) is 22.0 Å². The highest BCUT2D eigenvalue weighted by Gasteiger charge is 2.63. The molecule has 0 amide bonds. The summed E-state index contributed by atoms with van der Waals surface area (Å²) in [6.07, 6.45) is -5.10. The maximum atomic E-state index is 13.7. The Hall–Kier alpha value is -0.690. The summed E-state index contributed by atoms with van der Waals surface area (Å²) in [6, 6.07) is 0.934. The van der Waals surface area contributed by atoms with Gasteiger partial charge in [-0.2, -0.15) is 22.0 Å². The number of hydrogen-bond acceptors (Lipinski definition) is 2. The minimum Gasteiger partial charge on any atom is -0.304 e. The molecule has 0 spiro atoms. The van der Waals surface area contributed by atoms with Gasteiger partial charge in [-0.3, -0.25) is 0 Å². The Balaban J connectivity index is 3.17. The SMILES string of the molecule is CCCNC(c1ccc(C(C)(C)C)s1)C(F)(F)C(F)(F)F. The van der Waals surface area contributed by atoms with Crippen LogP contribution in [-0.4, -0.2) is 18.6 Å². The average molecular weight is 329 g/mol. The third kappa shape index (κ3) is 4.16. The van der Waals surface area contributed by atoms with Gasteiger partial charge in [0, 0.05) is 9.75 Å². The lowest BCUT2D eigenvalue weighted by Gasteiger charge is -2.29. The van der Waals surface area contributed by atoms with Gasteiger partial charge >= 0.3 is 12.1 Å². The molecule has 21 heavy (non-hydrogen) atoms. The lowest BCUT2D eigenvalue weighted by atomic mass is 9.95. The fourth-order valence-electron chi connectivity index (χ4n) is 1.77. The molecule has 0 bridgehead atoms. The molecule has 0 aliphatic heterocycles. The Bertz CT molecular complexity index is 459. The van der Waals surface area contributed by atoms with E-state index in [2.05, 4.69) is 5.32 Å². The van der Waals surface area contributed by atoms with Crippen LogP contribution < -0.4 is 5.32 Å². The monoisotopic (exact) mass is 329 g/mol. The molecular formula is C14H20F5NS. The number of halogens is 5. The number of thiophene rings is 1. The zero-order chi connectivity index (χ0) is 16.5. The summed E-state index contributed by atoms with van der Waals surface area (Å²) >= 11 is 0.999. The fourth-order valence-corrected chi connectivity index (χ4v) is 2.95. The topological polar surface area (TPSA) is 12.0 Å². The maximum Gasteiger partial charge on any atom is 0.455 e. The number of hydrogen-bond donors (Lipinski definition) is 1. The Kier molecular flexibility index (Phi) is 5.42. The van der Waals surface area contributed by atoms with Crippen molar-refractivity contribution >= 4 is 11.3 Å². The first-order valence-electron chi connectivity index (χ1n) is 6.69. The first-order valence-corrected chi connectivity index (χ1v) is 7.51. The molecule has 1 aromatic rings. The molecule has 0 aliphatic carbocycles. The van der Waals surface area contributed by atoms with Crippen molar-refractivity contribution in [2.45, 2.75) is 57.7 Å². The first-order chi connectivity index (χ1) is 9.41. The van der Waals surface area contributed by atoms with Gasteiger partial charge in [0.1, 0.15) is 6.04 Å². The largest absolute Gasteiger partial charge is 0.455 e. The molecule has 1 rings (SSSR count). The average Bonchev–Trinajstić information content (AvgIpc) is 2.76. The summed E-state index contributed by atoms with van der Waals surface area (Å²) in [5.74, 6) is -4.80. The van der Waals surface area contributed by atoms with Crippen LogP contribution in [0.5, 0.6) is 0 Å². The first kappa shape index (κ1) is 18.4. The second kappa shape index (κ2) is 6.20. The number of nitrogens with one attached hydrogen (secondary N) is 1. The highest BCUT2D eigenvalue weighted by atomic mass is 32.1. The highest BCUT2D eigenvalue weighted by molar-refractivity contribution is 7.12. The highest BCUT2D eigenvalue weighted by Crippen LogP contribution is 2.46. The van der Waals surface area contributed by atoms with E-state index < -0.39 is 18.1 Å². The summed E-state index contributed by atoms with van der Waals surface area (Å²) in [5.41, 5.74) is -0.286. The van der Waals surface area contributed by atoms with Crippen molar-refractivity contribution in [3.8, 4) is 0 Å². The quantitative estimate of drug-likeness (QED) is 0.724. The summed E-state index contributed by atoms with van der Waals surface area (Å²) in [7, 11) is 0. The van der Waals surface area contributed by atoms with Gasteiger partial charge in [0.15, 0.2) is 0 Å². The van der Waals surface area contributed by atoms with Crippen LogP contribution >= 0.6 is 11.3 Å². The van der Waals surface area contributed by atoms with Crippen molar-refractivity contribution < 1.29 is 22.0 Å². The second-order valence-electron chi connectivity index (χ2n) is 5.96. The normalized spacial score (nSPS) is 15.3. The third-order valence-corrected chi connectivity index (χ3v) is 4.57. The van der Waals surface area contributed by atoms with Crippen LogP contribution in [0.2, 0.25) is 0 Å². The summed E-state index contributed by atoms with van der Waals surface area (Å²) in [4.78, 5) is 0.787. The molecule has 1 unspecified atom stereocenters. The van der Waals surface area contributed by atoms with E-state index in [1.165, 1.54) is 6.07 Å². The van der Waals surface area contributed by atoms with E-state index in [1.54, 1.807) is 13.0 Å². The van der Waals surface area contributed by atoms with Crippen LogP contribution in [0.1, 0.15) is 49.9 Å². The zero-order valence-electron chi connectivity index (χ0n) is 12.4. The lowest BCUT2D eigenvalue weighted by Crippen LogP contribution is -2.47. The van der Waals surface area contributed by atoms with Crippen LogP contribution in [0.15, 0.2) is 12.1 Å². The van der Waals surface area contributed by atoms with E-state index in [0.717, 1.165) is 16.2 Å². The Labute approximate surface area is 125 Å². The molecule has 1 heterocycles. The van der Waals surface area contributed by atoms with Gasteiger partial charge in [0.2, 0.25) is 0 Å². The number of rotatable bonds is 5. The van der Waals surface area contributed by atoms with Gasteiger partial charge in [-0.15, -0.1) is 11.3 Å². The van der Waals surface area contributed by atoms with Crippen LogP contribution in [-0.2, 0) is 5.41 Å². The molecule has 0 saturated heterocycles. The minimum absolute atomic E-state index is 0.00991. The zero-order valence-corrected chi connectivity index (χ0v) is 13.3. The van der Waals surface area contributed by atoms with Gasteiger partial charge in [-0.1, -0.05) is 27.7 Å². The molecule has 7 heteroatoms. The van der Waals surface area contributed by atoms with Gasteiger partial charge in [-0.05, 0) is 30.5 Å². The second-order valence-corrected chi connectivity index (χ2v) is 7.08. The van der Waals surface area contributed by atoms with Crippen LogP contribution in [0.3, 0.4) is 0 Å². The van der Waals surface area contributed by atoms with E-state index in [0.29, 0.717) is 6.42 Å². The smallest absolute Gasteiger partial charge is 0.304 e. The van der Waals surface area contributed by atoms with Crippen molar-refractivity contribution in [1.29, 1.82) is 0 Å². The molecule has 0 radical (unpaired) electrons. The molecule has 122 valence electrons. The molecule has 0 aromatic carbocycles. The molecule has 1 aromatic heterocycles. The Morgan fingerprint density at radius 3 is 2.05 bits per heavy atom. The van der Waals surface area contributed by atoms with Crippen molar-refractivity contribution in [3.05, 3.63) is 21.9 Å². The summed E-state index contributed by atoms with van der Waals surface area (Å²) < 4.78 is 65.4. The third-order valence-electron chi connectivity index (χ3n) is 2.99. The van der Waals surface area contributed by atoms with Gasteiger partial charge in [-0.25, -0.2) is 0 Å². The summed E-state index contributed by atoms with van der Waals surface area (Å²) in [5, 5.41) is 2.34. The van der Waals surface area contributed by atoms with Crippen molar-refractivity contribution in [2.75, 3.05) is 6.54 Å². The lowest BCUT2D eigenvalue weighted by molar-refractivity contribution is -0.294. The van der Waals surface area contributed by atoms with E-state index in [9.17, 15) is 22.0 Å². The molecule has 0 fully saturated rings. The molecular weight excluding hydrogens is 309 g/mol. The molecule has 1 nitrogen and oxygen atoms in total. The van der Waals surface area contributed by atoms with E-state index in [-0.39, 0.29) is 16.8 Å². The summed E-state index contributed by atoms with van der Waals surface area (Å²) in [6.45, 7) is 7.47. The van der Waals surface area contributed by atoms with Gasteiger partial charge < -0.3 is 5.32 Å². The standard InChI is InChI=1S/C14H20F5NS/c1-5-8-20-11(13(15,16)14(17,18)19)9-6-7-10(21-9)12(2,3)4/h6-7,11,20H,5,8H2,1-4H3. The van der Waals surface area contributed by atoms with E-state index >= 15 is 0 Å². The number of alkyl halides is 5. The van der Waals surface area contributed by atoms with Crippen molar-refractivity contribution in [3.63, 3.8) is 0 Å². The van der Waals surface area contributed by atoms with Crippen LogP contribution in [0.25, 0.3) is 0 Å². The fraction of sp³-hybridized carbons (Fsp3) is 0.714. The van der Waals surface area contributed by atoms with Crippen molar-refractivity contribution in [2.24, 2.45) is 0 Å². The van der Waals surface area contributed by atoms with Gasteiger partial charge in [0.25, 0.3) is 0 Å². The predicted molar refractivity (Wildman–Crippen MR) is 75.1 cm³/mol. The van der Waals surface area contributed by atoms with Crippen LogP contribution in [0, 0.1) is 0 Å². The van der Waals surface area contributed by atoms with Gasteiger partial charge in [0.05, 0.1) is 0 Å². The molecule has 1 N–H and O–H groups in total. The Morgan fingerprint density at radius 2 is 1.67 bits per heavy atom. The molecule has 0 aliphatic rings. The maximum absolute atomic E-state index is 13.7. The van der Waals surface area contributed by atoms with E-state index in [1.807, 2.05) is 20.8 Å². The Morgan fingerprint density at radius 1 is 1.10 bits per heavy atom.